The van der Waals surface area contributed by atoms with Crippen LogP contribution in [0.3, 0.4) is 0 Å². The van der Waals surface area contributed by atoms with Crippen LogP contribution in [0.15, 0.2) is 22.6 Å². The lowest BCUT2D eigenvalue weighted by atomic mass is 10.3. The van der Waals surface area contributed by atoms with Gasteiger partial charge in [0.15, 0.2) is 0 Å². The number of hydrogen-bond acceptors (Lipinski definition) is 4. The Kier molecular flexibility index (Phi) is 3.76. The van der Waals surface area contributed by atoms with Crippen molar-refractivity contribution in [1.29, 1.82) is 0 Å². The SMILES string of the molecule is CC(Cl)c1nnc(Nc2c(Cl)cccc2Cl)o1. The van der Waals surface area contributed by atoms with Gasteiger partial charge in [0.05, 0.1) is 15.7 Å². The second-order valence-corrected chi connectivity index (χ2v) is 4.75. The fourth-order valence-electron chi connectivity index (χ4n) is 1.17. The number of alkyl halides is 1. The smallest absolute Gasteiger partial charge is 0.320 e. The van der Waals surface area contributed by atoms with Gasteiger partial charge in [-0.1, -0.05) is 34.4 Å². The molecule has 0 aliphatic carbocycles. The number of rotatable bonds is 3. The standard InChI is InChI=1S/C10H8Cl3N3O/c1-5(11)9-15-16-10(17-9)14-8-6(12)3-2-4-7(8)13/h2-5H,1H3,(H,14,16). The fraction of sp³-hybridized carbons (Fsp3) is 0.200. The van der Waals surface area contributed by atoms with Gasteiger partial charge < -0.3 is 9.73 Å². The first-order valence-electron chi connectivity index (χ1n) is 4.76. The van der Waals surface area contributed by atoms with Gasteiger partial charge in [-0.2, -0.15) is 0 Å². The van der Waals surface area contributed by atoms with Crippen molar-refractivity contribution in [3.63, 3.8) is 0 Å². The topological polar surface area (TPSA) is 51.0 Å². The maximum Gasteiger partial charge on any atom is 0.320 e. The molecule has 0 amide bonds. The third kappa shape index (κ3) is 2.83. The first-order chi connectivity index (χ1) is 8.08. The highest BCUT2D eigenvalue weighted by atomic mass is 35.5. The normalized spacial score (nSPS) is 12.5. The predicted molar refractivity (Wildman–Crippen MR) is 68.3 cm³/mol. The number of halogens is 3. The molecule has 0 fully saturated rings. The minimum atomic E-state index is -0.347. The molecule has 1 atom stereocenters. The molecule has 1 N–H and O–H groups in total. The number of nitrogens with one attached hydrogen (secondary N) is 1. The molecule has 4 nitrogen and oxygen atoms in total. The highest BCUT2D eigenvalue weighted by molar-refractivity contribution is 6.39. The van der Waals surface area contributed by atoms with E-state index in [9.17, 15) is 0 Å². The van der Waals surface area contributed by atoms with Crippen LogP contribution in [0.2, 0.25) is 10.0 Å². The van der Waals surface area contributed by atoms with Gasteiger partial charge in [-0.25, -0.2) is 0 Å². The average molecular weight is 293 g/mol. The summed E-state index contributed by atoms with van der Waals surface area (Å²) < 4.78 is 5.28. The molecule has 17 heavy (non-hydrogen) atoms. The van der Waals surface area contributed by atoms with E-state index in [2.05, 4.69) is 15.5 Å². The van der Waals surface area contributed by atoms with Gasteiger partial charge in [0.25, 0.3) is 0 Å². The molecule has 1 heterocycles. The lowest BCUT2D eigenvalue weighted by Crippen LogP contribution is -1.92. The van der Waals surface area contributed by atoms with E-state index < -0.39 is 0 Å². The summed E-state index contributed by atoms with van der Waals surface area (Å²) in [6.07, 6.45) is 0. The number of para-hydroxylation sites is 1. The van der Waals surface area contributed by atoms with E-state index in [4.69, 9.17) is 39.2 Å². The highest BCUT2D eigenvalue weighted by Gasteiger charge is 2.13. The van der Waals surface area contributed by atoms with Crippen LogP contribution in [0, 0.1) is 0 Å². The molecule has 0 radical (unpaired) electrons. The first-order valence-corrected chi connectivity index (χ1v) is 5.95. The van der Waals surface area contributed by atoms with Crippen LogP contribution in [0.4, 0.5) is 11.7 Å². The second kappa shape index (κ2) is 5.12. The minimum absolute atomic E-state index is 0.197. The van der Waals surface area contributed by atoms with E-state index in [0.717, 1.165) is 0 Å². The van der Waals surface area contributed by atoms with Crippen LogP contribution in [-0.2, 0) is 0 Å². The van der Waals surface area contributed by atoms with E-state index in [1.807, 2.05) is 0 Å². The Morgan fingerprint density at radius 2 is 1.88 bits per heavy atom. The third-order valence-corrected chi connectivity index (χ3v) is 2.79. The van der Waals surface area contributed by atoms with Gasteiger partial charge in [0.1, 0.15) is 5.38 Å². The zero-order valence-corrected chi connectivity index (χ0v) is 11.0. The highest BCUT2D eigenvalue weighted by Crippen LogP contribution is 2.32. The molecule has 2 rings (SSSR count). The Morgan fingerprint density at radius 1 is 1.24 bits per heavy atom. The van der Waals surface area contributed by atoms with E-state index in [-0.39, 0.29) is 11.4 Å². The van der Waals surface area contributed by atoms with E-state index >= 15 is 0 Å². The Labute approximate surface area is 113 Å². The molecular weight excluding hydrogens is 284 g/mol. The zero-order valence-electron chi connectivity index (χ0n) is 8.75. The van der Waals surface area contributed by atoms with Crippen molar-refractivity contribution >= 4 is 46.5 Å². The molecule has 0 aliphatic heterocycles. The van der Waals surface area contributed by atoms with Crippen LogP contribution in [-0.4, -0.2) is 10.2 Å². The van der Waals surface area contributed by atoms with E-state index in [1.165, 1.54) is 0 Å². The van der Waals surface area contributed by atoms with Crippen LogP contribution in [0.25, 0.3) is 0 Å². The molecular formula is C10H8Cl3N3O. The number of benzene rings is 1. The number of hydrogen-bond donors (Lipinski definition) is 1. The molecule has 0 spiro atoms. The van der Waals surface area contributed by atoms with Gasteiger partial charge in [-0.05, 0) is 19.1 Å². The Bertz CT molecular complexity index is 507. The van der Waals surface area contributed by atoms with E-state index in [0.29, 0.717) is 21.6 Å². The lowest BCUT2D eigenvalue weighted by molar-refractivity contribution is 0.510. The van der Waals surface area contributed by atoms with Crippen molar-refractivity contribution in [2.45, 2.75) is 12.3 Å². The van der Waals surface area contributed by atoms with Crippen molar-refractivity contribution in [3.05, 3.63) is 34.1 Å². The lowest BCUT2D eigenvalue weighted by Gasteiger charge is -2.05. The molecule has 0 saturated heterocycles. The first kappa shape index (κ1) is 12.5. The molecule has 0 bridgehead atoms. The van der Waals surface area contributed by atoms with Crippen molar-refractivity contribution in [1.82, 2.24) is 10.2 Å². The van der Waals surface area contributed by atoms with Crippen molar-refractivity contribution < 1.29 is 4.42 Å². The summed E-state index contributed by atoms with van der Waals surface area (Å²) in [6, 6.07) is 5.35. The van der Waals surface area contributed by atoms with Gasteiger partial charge >= 0.3 is 6.01 Å². The molecule has 0 saturated carbocycles. The van der Waals surface area contributed by atoms with E-state index in [1.54, 1.807) is 25.1 Å². The van der Waals surface area contributed by atoms with Crippen molar-refractivity contribution in [2.24, 2.45) is 0 Å². The molecule has 1 aromatic carbocycles. The summed E-state index contributed by atoms with van der Waals surface area (Å²) in [7, 11) is 0. The summed E-state index contributed by atoms with van der Waals surface area (Å²) >= 11 is 17.8. The quantitative estimate of drug-likeness (QED) is 0.851. The number of nitrogens with zero attached hydrogens (tertiary/aromatic N) is 2. The largest absolute Gasteiger partial charge is 0.406 e. The monoisotopic (exact) mass is 291 g/mol. The van der Waals surface area contributed by atoms with Gasteiger partial charge in [0.2, 0.25) is 5.89 Å². The molecule has 2 aromatic rings. The maximum atomic E-state index is 5.99. The van der Waals surface area contributed by atoms with Crippen LogP contribution < -0.4 is 5.32 Å². The molecule has 90 valence electrons. The van der Waals surface area contributed by atoms with Crippen molar-refractivity contribution in [3.8, 4) is 0 Å². The summed E-state index contributed by atoms with van der Waals surface area (Å²) in [5, 5.41) is 11.0. The number of anilines is 2. The number of aromatic nitrogens is 2. The molecule has 1 aromatic heterocycles. The van der Waals surface area contributed by atoms with Gasteiger partial charge in [0, 0.05) is 0 Å². The van der Waals surface area contributed by atoms with Gasteiger partial charge in [-0.15, -0.1) is 16.7 Å². The summed E-state index contributed by atoms with van der Waals surface area (Å²) in [5.41, 5.74) is 0.522. The van der Waals surface area contributed by atoms with Crippen LogP contribution in [0.5, 0.6) is 0 Å². The zero-order chi connectivity index (χ0) is 12.4. The second-order valence-electron chi connectivity index (χ2n) is 3.28. The Morgan fingerprint density at radius 3 is 2.41 bits per heavy atom. The molecule has 7 heteroatoms. The maximum absolute atomic E-state index is 5.99. The molecule has 1 unspecified atom stereocenters. The summed E-state index contributed by atoms with van der Waals surface area (Å²) in [6.45, 7) is 1.74. The average Bonchev–Trinajstić information content (AvgIpc) is 2.72. The van der Waals surface area contributed by atoms with Crippen LogP contribution in [0.1, 0.15) is 18.2 Å². The van der Waals surface area contributed by atoms with Crippen LogP contribution >= 0.6 is 34.8 Å². The van der Waals surface area contributed by atoms with Gasteiger partial charge in [-0.3, -0.25) is 0 Å². The predicted octanol–water partition coefficient (Wildman–Crippen LogP) is 4.42. The summed E-state index contributed by atoms with van der Waals surface area (Å²) in [5.74, 6) is 0.331. The third-order valence-electron chi connectivity index (χ3n) is 1.98. The fourth-order valence-corrected chi connectivity index (χ4v) is 1.75. The molecule has 0 aliphatic rings. The Hall–Kier alpha value is -0.970. The minimum Gasteiger partial charge on any atom is -0.406 e. The summed E-state index contributed by atoms with van der Waals surface area (Å²) in [4.78, 5) is 0. The Balaban J connectivity index is 2.25. The van der Waals surface area contributed by atoms with Crippen molar-refractivity contribution in [2.75, 3.05) is 5.32 Å².